The molecule has 0 fully saturated rings. The Morgan fingerprint density at radius 3 is 2.19 bits per heavy atom. The van der Waals surface area contributed by atoms with Gasteiger partial charge >= 0.3 is 0 Å². The molecule has 0 bridgehead atoms. The Labute approximate surface area is 126 Å². The SMILES string of the molecule is NS(=O)(=O)c1ccc(NS(=O)(=O)c2cccnc2Cl)cc1. The highest BCUT2D eigenvalue weighted by Gasteiger charge is 2.18. The molecule has 21 heavy (non-hydrogen) atoms. The monoisotopic (exact) mass is 347 g/mol. The van der Waals surface area contributed by atoms with Crippen molar-refractivity contribution in [3.63, 3.8) is 0 Å². The second-order valence-corrected chi connectivity index (χ2v) is 7.54. The van der Waals surface area contributed by atoms with E-state index < -0.39 is 20.0 Å². The lowest BCUT2D eigenvalue weighted by Gasteiger charge is -2.09. The van der Waals surface area contributed by atoms with Crippen molar-refractivity contribution in [1.82, 2.24) is 4.98 Å². The number of aromatic nitrogens is 1. The summed E-state index contributed by atoms with van der Waals surface area (Å²) in [5.74, 6) is 0. The molecule has 112 valence electrons. The van der Waals surface area contributed by atoms with Gasteiger partial charge in [-0.1, -0.05) is 11.6 Å². The molecule has 10 heteroatoms. The summed E-state index contributed by atoms with van der Waals surface area (Å²) in [6, 6.07) is 7.68. The Morgan fingerprint density at radius 1 is 1.05 bits per heavy atom. The summed E-state index contributed by atoms with van der Waals surface area (Å²) in [5, 5.41) is 4.79. The molecule has 0 atom stereocenters. The standard InChI is InChI=1S/C11H10ClN3O4S2/c12-11-10(2-1-7-14-11)21(18,19)15-8-3-5-9(6-4-8)20(13,16)17/h1-7,15H,(H2,13,16,17). The van der Waals surface area contributed by atoms with E-state index in [9.17, 15) is 16.8 Å². The molecule has 0 aliphatic carbocycles. The maximum atomic E-state index is 12.1. The summed E-state index contributed by atoms with van der Waals surface area (Å²) in [6.07, 6.45) is 1.36. The molecule has 0 aliphatic rings. The third kappa shape index (κ3) is 3.70. The van der Waals surface area contributed by atoms with Crippen LogP contribution in [-0.4, -0.2) is 21.8 Å². The lowest BCUT2D eigenvalue weighted by Crippen LogP contribution is -2.15. The summed E-state index contributed by atoms with van der Waals surface area (Å²) in [4.78, 5) is 3.38. The van der Waals surface area contributed by atoms with E-state index in [2.05, 4.69) is 9.71 Å². The van der Waals surface area contributed by atoms with Gasteiger partial charge in [0.1, 0.15) is 10.0 Å². The van der Waals surface area contributed by atoms with Crippen molar-refractivity contribution < 1.29 is 16.8 Å². The van der Waals surface area contributed by atoms with Crippen molar-refractivity contribution in [2.24, 2.45) is 5.14 Å². The number of nitrogens with two attached hydrogens (primary N) is 1. The van der Waals surface area contributed by atoms with Gasteiger partial charge in [-0.15, -0.1) is 0 Å². The average Bonchev–Trinajstić information content (AvgIpc) is 2.38. The number of pyridine rings is 1. The van der Waals surface area contributed by atoms with Gasteiger partial charge in [-0.3, -0.25) is 4.72 Å². The van der Waals surface area contributed by atoms with Gasteiger partial charge in [-0.05, 0) is 36.4 Å². The van der Waals surface area contributed by atoms with Gasteiger partial charge in [0, 0.05) is 11.9 Å². The Hall–Kier alpha value is -1.68. The smallest absolute Gasteiger partial charge is 0.264 e. The molecule has 0 radical (unpaired) electrons. The normalized spacial score (nSPS) is 12.1. The van der Waals surface area contributed by atoms with E-state index in [1.807, 2.05) is 0 Å². The quantitative estimate of drug-likeness (QED) is 0.805. The van der Waals surface area contributed by atoms with Gasteiger partial charge in [0.25, 0.3) is 10.0 Å². The molecule has 0 unspecified atom stereocenters. The number of rotatable bonds is 4. The molecule has 7 nitrogen and oxygen atoms in total. The summed E-state index contributed by atoms with van der Waals surface area (Å²) in [7, 11) is -7.75. The zero-order valence-electron chi connectivity index (χ0n) is 10.4. The molecule has 0 amide bonds. The van der Waals surface area contributed by atoms with Gasteiger partial charge in [0.05, 0.1) is 4.90 Å². The minimum absolute atomic E-state index is 0.121. The lowest BCUT2D eigenvalue weighted by atomic mass is 10.3. The third-order valence-electron chi connectivity index (χ3n) is 2.45. The van der Waals surface area contributed by atoms with Crippen LogP contribution in [0.5, 0.6) is 0 Å². The predicted molar refractivity (Wildman–Crippen MR) is 77.9 cm³/mol. The van der Waals surface area contributed by atoms with Crippen molar-refractivity contribution in [2.75, 3.05) is 4.72 Å². The van der Waals surface area contributed by atoms with Gasteiger partial charge in [-0.25, -0.2) is 27.0 Å². The van der Waals surface area contributed by atoms with Crippen molar-refractivity contribution in [2.45, 2.75) is 9.79 Å². The molecular weight excluding hydrogens is 338 g/mol. The van der Waals surface area contributed by atoms with Crippen LogP contribution in [0.2, 0.25) is 5.15 Å². The van der Waals surface area contributed by atoms with Gasteiger partial charge in [-0.2, -0.15) is 0 Å². The Morgan fingerprint density at radius 2 is 1.67 bits per heavy atom. The number of anilines is 1. The number of primary sulfonamides is 1. The number of benzene rings is 1. The van der Waals surface area contributed by atoms with E-state index in [4.69, 9.17) is 16.7 Å². The molecule has 1 aromatic carbocycles. The van der Waals surface area contributed by atoms with Crippen LogP contribution < -0.4 is 9.86 Å². The van der Waals surface area contributed by atoms with Crippen molar-refractivity contribution in [3.8, 4) is 0 Å². The molecule has 0 spiro atoms. The van der Waals surface area contributed by atoms with Crippen LogP contribution in [0.15, 0.2) is 52.4 Å². The highest BCUT2D eigenvalue weighted by Crippen LogP contribution is 2.22. The van der Waals surface area contributed by atoms with Gasteiger partial charge < -0.3 is 0 Å². The number of hydrogen-bond donors (Lipinski definition) is 2. The molecule has 0 aliphatic heterocycles. The number of nitrogens with one attached hydrogen (secondary N) is 1. The summed E-state index contributed by atoms with van der Waals surface area (Å²) in [5.41, 5.74) is 0.169. The van der Waals surface area contributed by atoms with E-state index in [-0.39, 0.29) is 20.6 Å². The van der Waals surface area contributed by atoms with Crippen LogP contribution in [-0.2, 0) is 20.0 Å². The minimum Gasteiger partial charge on any atom is -0.280 e. The Bertz CT molecular complexity index is 865. The first kappa shape index (κ1) is 15.7. The third-order valence-corrected chi connectivity index (χ3v) is 5.20. The average molecular weight is 348 g/mol. The second kappa shape index (κ2) is 5.60. The maximum Gasteiger partial charge on any atom is 0.264 e. The lowest BCUT2D eigenvalue weighted by molar-refractivity contribution is 0.597. The fourth-order valence-corrected chi connectivity index (χ4v) is 3.52. The maximum absolute atomic E-state index is 12.1. The van der Waals surface area contributed by atoms with Crippen molar-refractivity contribution in [3.05, 3.63) is 47.7 Å². The summed E-state index contributed by atoms with van der Waals surface area (Å²) in [6.45, 7) is 0. The topological polar surface area (TPSA) is 119 Å². The molecule has 3 N–H and O–H groups in total. The van der Waals surface area contributed by atoms with Crippen LogP contribution >= 0.6 is 11.6 Å². The predicted octanol–water partition coefficient (Wildman–Crippen LogP) is 1.18. The van der Waals surface area contributed by atoms with E-state index in [1.54, 1.807) is 0 Å². The Kier molecular flexibility index (Phi) is 4.19. The minimum atomic E-state index is -3.92. The van der Waals surface area contributed by atoms with E-state index >= 15 is 0 Å². The van der Waals surface area contributed by atoms with Crippen LogP contribution in [0.1, 0.15) is 0 Å². The number of hydrogen-bond acceptors (Lipinski definition) is 5. The molecule has 0 saturated heterocycles. The van der Waals surface area contributed by atoms with Gasteiger partial charge in [0.2, 0.25) is 10.0 Å². The zero-order chi connectivity index (χ0) is 15.7. The van der Waals surface area contributed by atoms with Gasteiger partial charge in [0.15, 0.2) is 0 Å². The number of halogens is 1. The summed E-state index contributed by atoms with van der Waals surface area (Å²) >= 11 is 5.73. The highest BCUT2D eigenvalue weighted by atomic mass is 35.5. The Balaban J connectivity index is 2.32. The number of nitrogens with zero attached hydrogens (tertiary/aromatic N) is 1. The van der Waals surface area contributed by atoms with E-state index in [1.165, 1.54) is 42.6 Å². The van der Waals surface area contributed by atoms with E-state index in [0.29, 0.717) is 0 Å². The van der Waals surface area contributed by atoms with Crippen LogP contribution in [0.4, 0.5) is 5.69 Å². The first-order valence-corrected chi connectivity index (χ1v) is 8.87. The molecule has 0 saturated carbocycles. The first-order chi connectivity index (χ1) is 9.70. The fraction of sp³-hybridized carbons (Fsp3) is 0. The first-order valence-electron chi connectivity index (χ1n) is 5.46. The molecule has 2 aromatic rings. The van der Waals surface area contributed by atoms with Crippen LogP contribution in [0.25, 0.3) is 0 Å². The molecule has 1 aromatic heterocycles. The zero-order valence-corrected chi connectivity index (χ0v) is 12.8. The second-order valence-electron chi connectivity index (χ2n) is 3.97. The van der Waals surface area contributed by atoms with Crippen LogP contribution in [0.3, 0.4) is 0 Å². The van der Waals surface area contributed by atoms with Crippen molar-refractivity contribution >= 4 is 37.3 Å². The van der Waals surface area contributed by atoms with E-state index in [0.717, 1.165) is 0 Å². The van der Waals surface area contributed by atoms with Crippen LogP contribution in [0, 0.1) is 0 Å². The number of sulfonamides is 2. The largest absolute Gasteiger partial charge is 0.280 e. The summed E-state index contributed by atoms with van der Waals surface area (Å²) < 4.78 is 48.7. The molecule has 2 rings (SSSR count). The van der Waals surface area contributed by atoms with Crippen molar-refractivity contribution in [1.29, 1.82) is 0 Å². The molecular formula is C11H10ClN3O4S2. The fourth-order valence-electron chi connectivity index (χ4n) is 1.49. The molecule has 1 heterocycles. The highest BCUT2D eigenvalue weighted by molar-refractivity contribution is 7.92.